The van der Waals surface area contributed by atoms with Crippen molar-refractivity contribution >= 4 is 5.97 Å². The van der Waals surface area contributed by atoms with Crippen molar-refractivity contribution in [2.45, 2.75) is 52.2 Å². The number of aliphatic carboxylic acids is 1. The van der Waals surface area contributed by atoms with Crippen LogP contribution in [0.4, 0.5) is 0 Å². The molecular weight excluding hydrogens is 218 g/mol. The summed E-state index contributed by atoms with van der Waals surface area (Å²) in [5.41, 5.74) is 0. The molecule has 0 aliphatic carbocycles. The Bertz CT molecular complexity index is 245. The van der Waals surface area contributed by atoms with Gasteiger partial charge in [-0.05, 0) is 45.6 Å². The average molecular weight is 243 g/mol. The van der Waals surface area contributed by atoms with Gasteiger partial charge in [0.15, 0.2) is 6.10 Å². The lowest BCUT2D eigenvalue weighted by Crippen LogP contribution is -2.44. The van der Waals surface area contributed by atoms with Crippen molar-refractivity contribution in [2.24, 2.45) is 5.92 Å². The van der Waals surface area contributed by atoms with Gasteiger partial charge in [0.2, 0.25) is 0 Å². The molecule has 1 aliphatic rings. The van der Waals surface area contributed by atoms with Gasteiger partial charge in [0.25, 0.3) is 0 Å². The predicted octanol–water partition coefficient (Wildman–Crippen LogP) is 1.99. The SMILES string of the molecule is CCOC(CCN1CCCC(C)C1C)C(=O)O. The number of ether oxygens (including phenoxy) is 1. The summed E-state index contributed by atoms with van der Waals surface area (Å²) in [5, 5.41) is 9.01. The van der Waals surface area contributed by atoms with E-state index in [0.717, 1.165) is 13.1 Å². The van der Waals surface area contributed by atoms with Crippen LogP contribution >= 0.6 is 0 Å². The Labute approximate surface area is 104 Å². The van der Waals surface area contributed by atoms with Crippen LogP contribution in [0.25, 0.3) is 0 Å². The topological polar surface area (TPSA) is 49.8 Å². The number of nitrogens with zero attached hydrogens (tertiary/aromatic N) is 1. The molecule has 1 fully saturated rings. The third-order valence-electron chi connectivity index (χ3n) is 3.83. The van der Waals surface area contributed by atoms with E-state index < -0.39 is 12.1 Å². The zero-order valence-electron chi connectivity index (χ0n) is 11.2. The summed E-state index contributed by atoms with van der Waals surface area (Å²) in [5.74, 6) is -0.135. The minimum absolute atomic E-state index is 0.461. The molecule has 1 rings (SSSR count). The Morgan fingerprint density at radius 2 is 2.24 bits per heavy atom. The zero-order chi connectivity index (χ0) is 12.8. The van der Waals surface area contributed by atoms with E-state index >= 15 is 0 Å². The molecular formula is C13H25NO3. The Morgan fingerprint density at radius 1 is 1.53 bits per heavy atom. The lowest BCUT2D eigenvalue weighted by Gasteiger charge is -2.38. The number of rotatable bonds is 6. The molecule has 1 N–H and O–H groups in total. The first kappa shape index (κ1) is 14.5. The molecule has 0 saturated carbocycles. The van der Waals surface area contributed by atoms with Crippen LogP contribution in [0.2, 0.25) is 0 Å². The van der Waals surface area contributed by atoms with E-state index in [9.17, 15) is 4.79 Å². The maximum Gasteiger partial charge on any atom is 0.332 e. The second kappa shape index (κ2) is 6.97. The van der Waals surface area contributed by atoms with E-state index in [1.54, 1.807) is 0 Å². The molecule has 1 aliphatic heterocycles. The van der Waals surface area contributed by atoms with Crippen molar-refractivity contribution in [1.82, 2.24) is 4.90 Å². The third-order valence-corrected chi connectivity index (χ3v) is 3.83. The van der Waals surface area contributed by atoms with Gasteiger partial charge in [0.1, 0.15) is 0 Å². The number of carboxylic acid groups (broad SMARTS) is 1. The standard InChI is InChI=1S/C13H25NO3/c1-4-17-12(13(15)16)7-9-14-8-5-6-10(2)11(14)3/h10-12H,4-9H2,1-3H3,(H,15,16). The van der Waals surface area contributed by atoms with Gasteiger partial charge in [-0.15, -0.1) is 0 Å². The number of carbonyl (C=O) groups is 1. The summed E-state index contributed by atoms with van der Waals surface area (Å²) < 4.78 is 5.23. The highest BCUT2D eigenvalue weighted by molar-refractivity contribution is 5.72. The van der Waals surface area contributed by atoms with E-state index in [0.29, 0.717) is 25.0 Å². The molecule has 17 heavy (non-hydrogen) atoms. The van der Waals surface area contributed by atoms with Gasteiger partial charge in [-0.3, -0.25) is 0 Å². The number of likely N-dealkylation sites (tertiary alicyclic amines) is 1. The lowest BCUT2D eigenvalue weighted by molar-refractivity contribution is -0.150. The van der Waals surface area contributed by atoms with Crippen molar-refractivity contribution in [3.8, 4) is 0 Å². The highest BCUT2D eigenvalue weighted by atomic mass is 16.5. The average Bonchev–Trinajstić information content (AvgIpc) is 2.29. The normalized spacial score (nSPS) is 27.9. The second-order valence-corrected chi connectivity index (χ2v) is 4.97. The Balaban J connectivity index is 2.39. The molecule has 0 amide bonds. The van der Waals surface area contributed by atoms with Gasteiger partial charge < -0.3 is 14.7 Å². The van der Waals surface area contributed by atoms with Crippen molar-refractivity contribution in [1.29, 1.82) is 0 Å². The Hall–Kier alpha value is -0.610. The third kappa shape index (κ3) is 4.28. The smallest absolute Gasteiger partial charge is 0.332 e. The summed E-state index contributed by atoms with van der Waals surface area (Å²) in [6.07, 6.45) is 2.44. The van der Waals surface area contributed by atoms with Crippen LogP contribution in [0, 0.1) is 5.92 Å². The number of carboxylic acids is 1. The fraction of sp³-hybridized carbons (Fsp3) is 0.923. The van der Waals surface area contributed by atoms with Crippen LogP contribution in [0.15, 0.2) is 0 Å². The predicted molar refractivity (Wildman–Crippen MR) is 67.1 cm³/mol. The van der Waals surface area contributed by atoms with E-state index in [2.05, 4.69) is 18.7 Å². The summed E-state index contributed by atoms with van der Waals surface area (Å²) in [6, 6.07) is 0.555. The van der Waals surface area contributed by atoms with Gasteiger partial charge in [-0.1, -0.05) is 6.92 Å². The first-order chi connectivity index (χ1) is 8.06. The van der Waals surface area contributed by atoms with Crippen LogP contribution in [-0.4, -0.2) is 47.8 Å². The van der Waals surface area contributed by atoms with E-state index in [-0.39, 0.29) is 0 Å². The molecule has 0 spiro atoms. The molecule has 0 aromatic carbocycles. The largest absolute Gasteiger partial charge is 0.479 e. The maximum atomic E-state index is 11.0. The molecule has 3 unspecified atom stereocenters. The summed E-state index contributed by atoms with van der Waals surface area (Å²) >= 11 is 0. The van der Waals surface area contributed by atoms with E-state index in [4.69, 9.17) is 9.84 Å². The van der Waals surface area contributed by atoms with Crippen molar-refractivity contribution in [2.75, 3.05) is 19.7 Å². The van der Waals surface area contributed by atoms with E-state index in [1.165, 1.54) is 12.8 Å². The molecule has 3 atom stereocenters. The molecule has 1 heterocycles. The zero-order valence-corrected chi connectivity index (χ0v) is 11.2. The summed E-state index contributed by atoms with van der Waals surface area (Å²) in [4.78, 5) is 13.4. The van der Waals surface area contributed by atoms with Crippen LogP contribution in [-0.2, 0) is 9.53 Å². The fourth-order valence-corrected chi connectivity index (χ4v) is 2.50. The number of hydrogen-bond acceptors (Lipinski definition) is 3. The molecule has 0 aromatic rings. The van der Waals surface area contributed by atoms with Gasteiger partial charge in [-0.2, -0.15) is 0 Å². The highest BCUT2D eigenvalue weighted by Crippen LogP contribution is 2.23. The first-order valence-corrected chi connectivity index (χ1v) is 6.64. The molecule has 4 heteroatoms. The summed E-state index contributed by atoms with van der Waals surface area (Å²) in [6.45, 7) is 8.71. The second-order valence-electron chi connectivity index (χ2n) is 4.97. The maximum absolute atomic E-state index is 11.0. The van der Waals surface area contributed by atoms with Gasteiger partial charge in [0.05, 0.1) is 0 Å². The Kier molecular flexibility index (Phi) is 5.92. The molecule has 100 valence electrons. The fourth-order valence-electron chi connectivity index (χ4n) is 2.50. The van der Waals surface area contributed by atoms with Crippen molar-refractivity contribution in [3.05, 3.63) is 0 Å². The molecule has 1 saturated heterocycles. The molecule has 0 aromatic heterocycles. The van der Waals surface area contributed by atoms with Crippen molar-refractivity contribution in [3.63, 3.8) is 0 Å². The number of hydrogen-bond donors (Lipinski definition) is 1. The van der Waals surface area contributed by atoms with Crippen LogP contribution < -0.4 is 0 Å². The van der Waals surface area contributed by atoms with Gasteiger partial charge >= 0.3 is 5.97 Å². The quantitative estimate of drug-likeness (QED) is 0.775. The minimum atomic E-state index is -0.843. The van der Waals surface area contributed by atoms with Crippen LogP contribution in [0.3, 0.4) is 0 Å². The molecule has 0 radical (unpaired) electrons. The van der Waals surface area contributed by atoms with Crippen LogP contribution in [0.1, 0.15) is 40.0 Å². The van der Waals surface area contributed by atoms with E-state index in [1.807, 2.05) is 6.92 Å². The first-order valence-electron chi connectivity index (χ1n) is 6.64. The summed E-state index contributed by atoms with van der Waals surface area (Å²) in [7, 11) is 0. The van der Waals surface area contributed by atoms with Crippen molar-refractivity contribution < 1.29 is 14.6 Å². The number of piperidine rings is 1. The van der Waals surface area contributed by atoms with Gasteiger partial charge in [-0.25, -0.2) is 4.79 Å². The minimum Gasteiger partial charge on any atom is -0.479 e. The highest BCUT2D eigenvalue weighted by Gasteiger charge is 2.26. The molecule has 0 bridgehead atoms. The lowest BCUT2D eigenvalue weighted by atomic mass is 9.92. The monoisotopic (exact) mass is 243 g/mol. The Morgan fingerprint density at radius 3 is 2.82 bits per heavy atom. The van der Waals surface area contributed by atoms with Gasteiger partial charge in [0, 0.05) is 19.2 Å². The molecule has 4 nitrogen and oxygen atoms in total. The van der Waals surface area contributed by atoms with Crippen LogP contribution in [0.5, 0.6) is 0 Å².